The summed E-state index contributed by atoms with van der Waals surface area (Å²) in [4.78, 5) is 17.4. The predicted octanol–water partition coefficient (Wildman–Crippen LogP) is 0.637. The lowest BCUT2D eigenvalue weighted by molar-refractivity contribution is -0.385. The van der Waals surface area contributed by atoms with Crippen molar-refractivity contribution in [1.82, 2.24) is 14.4 Å². The Balaban J connectivity index is 2.68. The third kappa shape index (κ3) is 0.895. The van der Waals surface area contributed by atoms with Crippen molar-refractivity contribution in [2.24, 2.45) is 0 Å². The molecule has 0 amide bonds. The van der Waals surface area contributed by atoms with Gasteiger partial charge in [0.25, 0.3) is 0 Å². The summed E-state index contributed by atoms with van der Waals surface area (Å²) in [6.45, 7) is 0. The monoisotopic (exact) mass is 164 g/mol. The van der Waals surface area contributed by atoms with E-state index < -0.39 is 4.92 Å². The summed E-state index contributed by atoms with van der Waals surface area (Å²) in [6.07, 6.45) is 5.69. The average Bonchev–Trinajstić information content (AvgIpc) is 2.49. The van der Waals surface area contributed by atoms with E-state index in [1.165, 1.54) is 23.0 Å². The minimum atomic E-state index is -0.494. The van der Waals surface area contributed by atoms with Gasteiger partial charge in [0.05, 0.1) is 11.1 Å². The van der Waals surface area contributed by atoms with Crippen molar-refractivity contribution in [3.63, 3.8) is 0 Å². The Bertz CT molecular complexity index is 436. The van der Waals surface area contributed by atoms with Crippen LogP contribution >= 0.6 is 0 Å². The molecule has 60 valence electrons. The maximum absolute atomic E-state index is 10.3. The Kier molecular flexibility index (Phi) is 1.26. The Hall–Kier alpha value is -1.98. The van der Waals surface area contributed by atoms with Gasteiger partial charge < -0.3 is 0 Å². The lowest BCUT2D eigenvalue weighted by Crippen LogP contribution is -1.93. The van der Waals surface area contributed by atoms with Crippen molar-refractivity contribution >= 4 is 11.5 Å². The van der Waals surface area contributed by atoms with Gasteiger partial charge in [-0.1, -0.05) is 0 Å². The van der Waals surface area contributed by atoms with Crippen LogP contribution in [0.3, 0.4) is 0 Å². The number of nitrogens with zero attached hydrogens (tertiary/aromatic N) is 4. The molecule has 2 rings (SSSR count). The normalized spacial score (nSPS) is 10.3. The molecule has 0 aromatic carbocycles. The standard InChI is InChI=1S/C6H4N4O2/c11-10(12)5-3-8-6-7-1-2-9(6)4-5/h1-4H. The lowest BCUT2D eigenvalue weighted by Gasteiger charge is -1.91. The van der Waals surface area contributed by atoms with Gasteiger partial charge in [-0.3, -0.25) is 14.5 Å². The van der Waals surface area contributed by atoms with Gasteiger partial charge in [0.2, 0.25) is 5.78 Å². The molecular formula is C6H4N4O2. The molecule has 2 aromatic heterocycles. The van der Waals surface area contributed by atoms with E-state index in [0.29, 0.717) is 5.78 Å². The minimum Gasteiger partial charge on any atom is -0.284 e. The van der Waals surface area contributed by atoms with Crippen LogP contribution in [0.25, 0.3) is 5.78 Å². The molecule has 0 aliphatic carbocycles. The zero-order valence-electron chi connectivity index (χ0n) is 5.91. The molecule has 6 heteroatoms. The summed E-state index contributed by atoms with van der Waals surface area (Å²) < 4.78 is 1.50. The van der Waals surface area contributed by atoms with Crippen molar-refractivity contribution in [3.8, 4) is 0 Å². The smallest absolute Gasteiger partial charge is 0.284 e. The molecule has 0 bridgehead atoms. The van der Waals surface area contributed by atoms with Crippen molar-refractivity contribution in [2.45, 2.75) is 0 Å². The molecule has 0 aliphatic heterocycles. The van der Waals surface area contributed by atoms with E-state index in [2.05, 4.69) is 9.97 Å². The summed E-state index contributed by atoms with van der Waals surface area (Å²) in [5, 5.41) is 10.3. The second kappa shape index (κ2) is 2.26. The van der Waals surface area contributed by atoms with Crippen LogP contribution in [0.5, 0.6) is 0 Å². The first-order chi connectivity index (χ1) is 5.77. The van der Waals surface area contributed by atoms with Gasteiger partial charge in [0.1, 0.15) is 6.20 Å². The molecule has 2 aromatic rings. The topological polar surface area (TPSA) is 73.3 Å². The largest absolute Gasteiger partial charge is 0.304 e. The molecule has 0 unspecified atom stereocenters. The zero-order chi connectivity index (χ0) is 8.55. The van der Waals surface area contributed by atoms with Gasteiger partial charge in [-0.15, -0.1) is 0 Å². The van der Waals surface area contributed by atoms with Gasteiger partial charge in [-0.2, -0.15) is 0 Å². The number of hydrogen-bond donors (Lipinski definition) is 0. The van der Waals surface area contributed by atoms with E-state index in [9.17, 15) is 10.1 Å². The quantitative estimate of drug-likeness (QED) is 0.457. The molecule has 0 fully saturated rings. The lowest BCUT2D eigenvalue weighted by atomic mass is 10.5. The molecule has 6 nitrogen and oxygen atoms in total. The van der Waals surface area contributed by atoms with Crippen LogP contribution in [0, 0.1) is 10.1 Å². The van der Waals surface area contributed by atoms with Crippen LogP contribution < -0.4 is 0 Å². The molecular weight excluding hydrogens is 160 g/mol. The number of aromatic nitrogens is 3. The molecule has 0 atom stereocenters. The van der Waals surface area contributed by atoms with E-state index in [-0.39, 0.29) is 5.69 Å². The molecule has 12 heavy (non-hydrogen) atoms. The number of imidazole rings is 1. The van der Waals surface area contributed by atoms with E-state index in [1.54, 1.807) is 6.20 Å². The van der Waals surface area contributed by atoms with Crippen LogP contribution in [-0.4, -0.2) is 19.3 Å². The summed E-state index contributed by atoms with van der Waals surface area (Å²) in [5.41, 5.74) is -0.0412. The van der Waals surface area contributed by atoms with E-state index in [0.717, 1.165) is 0 Å². The molecule has 0 aliphatic rings. The van der Waals surface area contributed by atoms with Crippen LogP contribution in [0.15, 0.2) is 24.8 Å². The average molecular weight is 164 g/mol. The number of hydrogen-bond acceptors (Lipinski definition) is 4. The maximum Gasteiger partial charge on any atom is 0.304 e. The Morgan fingerprint density at radius 3 is 3.08 bits per heavy atom. The highest BCUT2D eigenvalue weighted by molar-refractivity contribution is 5.33. The first-order valence-corrected chi connectivity index (χ1v) is 3.20. The molecule has 0 saturated heterocycles. The second-order valence-electron chi connectivity index (χ2n) is 2.20. The van der Waals surface area contributed by atoms with Crippen molar-refractivity contribution < 1.29 is 4.92 Å². The SMILES string of the molecule is O=[N+]([O-])c1cnc2nccn2c1. The van der Waals surface area contributed by atoms with Gasteiger partial charge in [0, 0.05) is 12.4 Å². The predicted molar refractivity (Wildman–Crippen MR) is 39.6 cm³/mol. The molecule has 0 N–H and O–H groups in total. The van der Waals surface area contributed by atoms with Crippen LogP contribution in [-0.2, 0) is 0 Å². The fourth-order valence-electron chi connectivity index (χ4n) is 0.900. The van der Waals surface area contributed by atoms with Crippen LogP contribution in [0.1, 0.15) is 0 Å². The third-order valence-corrected chi connectivity index (χ3v) is 1.44. The molecule has 2 heterocycles. The van der Waals surface area contributed by atoms with Crippen LogP contribution in [0.4, 0.5) is 5.69 Å². The highest BCUT2D eigenvalue weighted by Gasteiger charge is 2.06. The summed E-state index contributed by atoms with van der Waals surface area (Å²) in [6, 6.07) is 0. The highest BCUT2D eigenvalue weighted by Crippen LogP contribution is 2.08. The number of nitro groups is 1. The first kappa shape index (κ1) is 6.71. The summed E-state index contributed by atoms with van der Waals surface area (Å²) >= 11 is 0. The Labute approximate surface area is 66.6 Å². The molecule has 0 saturated carbocycles. The zero-order valence-corrected chi connectivity index (χ0v) is 5.91. The van der Waals surface area contributed by atoms with Crippen LogP contribution in [0.2, 0.25) is 0 Å². The van der Waals surface area contributed by atoms with Crippen molar-refractivity contribution in [2.75, 3.05) is 0 Å². The Morgan fingerprint density at radius 1 is 1.50 bits per heavy atom. The number of rotatable bonds is 1. The molecule has 0 radical (unpaired) electrons. The van der Waals surface area contributed by atoms with Gasteiger partial charge >= 0.3 is 5.69 Å². The van der Waals surface area contributed by atoms with E-state index in [4.69, 9.17) is 0 Å². The number of fused-ring (bicyclic) bond motifs is 1. The van der Waals surface area contributed by atoms with Crippen molar-refractivity contribution in [1.29, 1.82) is 0 Å². The van der Waals surface area contributed by atoms with Gasteiger partial charge in [-0.05, 0) is 0 Å². The second-order valence-corrected chi connectivity index (χ2v) is 2.20. The fraction of sp³-hybridized carbons (Fsp3) is 0. The van der Waals surface area contributed by atoms with Crippen molar-refractivity contribution in [3.05, 3.63) is 34.9 Å². The summed E-state index contributed by atoms with van der Waals surface area (Å²) in [7, 11) is 0. The first-order valence-electron chi connectivity index (χ1n) is 3.20. The maximum atomic E-state index is 10.3. The van der Waals surface area contributed by atoms with E-state index in [1.807, 2.05) is 0 Å². The third-order valence-electron chi connectivity index (χ3n) is 1.44. The van der Waals surface area contributed by atoms with Gasteiger partial charge in [-0.25, -0.2) is 9.97 Å². The fourth-order valence-corrected chi connectivity index (χ4v) is 0.900. The summed E-state index contributed by atoms with van der Waals surface area (Å²) in [5.74, 6) is 0.459. The minimum absolute atomic E-state index is 0.0412. The van der Waals surface area contributed by atoms with E-state index >= 15 is 0 Å². The molecule has 0 spiro atoms. The van der Waals surface area contributed by atoms with Gasteiger partial charge in [0.15, 0.2) is 0 Å². The highest BCUT2D eigenvalue weighted by atomic mass is 16.6. The Morgan fingerprint density at radius 2 is 2.33 bits per heavy atom.